The van der Waals surface area contributed by atoms with E-state index >= 15 is 0 Å². The van der Waals surface area contributed by atoms with Gasteiger partial charge in [0.1, 0.15) is 0 Å². The van der Waals surface area contributed by atoms with E-state index < -0.39 is 6.04 Å². The molecule has 0 saturated heterocycles. The van der Waals surface area contributed by atoms with E-state index in [0.717, 1.165) is 28.7 Å². The van der Waals surface area contributed by atoms with Crippen molar-refractivity contribution in [3.05, 3.63) is 90.0 Å². The maximum Gasteiger partial charge on any atom is 0.252 e. The van der Waals surface area contributed by atoms with E-state index in [1.54, 1.807) is 12.1 Å². The Morgan fingerprint density at radius 1 is 0.846 bits per heavy atom. The van der Waals surface area contributed by atoms with Crippen LogP contribution in [0.15, 0.2) is 78.9 Å². The van der Waals surface area contributed by atoms with Crippen molar-refractivity contribution in [2.24, 2.45) is 17.6 Å². The number of amides is 3. The Morgan fingerprint density at radius 3 is 1.92 bits per heavy atom. The largest absolute Gasteiger partial charge is 0.345 e. The van der Waals surface area contributed by atoms with Crippen LogP contribution in [0.5, 0.6) is 0 Å². The molecule has 0 radical (unpaired) electrons. The second-order valence-corrected chi connectivity index (χ2v) is 10.3. The first-order valence-electron chi connectivity index (χ1n) is 13.4. The van der Waals surface area contributed by atoms with Crippen molar-refractivity contribution in [3.8, 4) is 11.1 Å². The van der Waals surface area contributed by atoms with Crippen LogP contribution >= 0.6 is 0 Å². The molecule has 202 valence electrons. The molecule has 39 heavy (non-hydrogen) atoms. The predicted molar refractivity (Wildman–Crippen MR) is 157 cm³/mol. The van der Waals surface area contributed by atoms with Crippen molar-refractivity contribution in [1.82, 2.24) is 5.32 Å². The van der Waals surface area contributed by atoms with Crippen LogP contribution in [-0.2, 0) is 9.59 Å². The zero-order valence-electron chi connectivity index (χ0n) is 22.8. The number of fused-ring (bicyclic) bond motifs is 1. The molecule has 0 aliphatic carbocycles. The van der Waals surface area contributed by atoms with Crippen LogP contribution in [0, 0.1) is 11.8 Å². The van der Waals surface area contributed by atoms with Gasteiger partial charge in [0.15, 0.2) is 0 Å². The first kappa shape index (κ1) is 27.8. The van der Waals surface area contributed by atoms with Gasteiger partial charge in [0.05, 0.1) is 12.1 Å². The minimum absolute atomic E-state index is 0.00859. The number of para-hydroxylation sites is 2. The molecule has 3 aromatic carbocycles. The van der Waals surface area contributed by atoms with Gasteiger partial charge in [-0.3, -0.25) is 14.4 Å². The van der Waals surface area contributed by atoms with E-state index in [1.165, 1.54) is 0 Å². The molecule has 1 aliphatic rings. The fourth-order valence-electron chi connectivity index (χ4n) is 4.73. The van der Waals surface area contributed by atoms with Gasteiger partial charge < -0.3 is 21.7 Å². The molecule has 5 N–H and O–H groups in total. The topological polar surface area (TPSA) is 113 Å². The third-order valence-electron chi connectivity index (χ3n) is 7.28. The van der Waals surface area contributed by atoms with Crippen LogP contribution in [0.25, 0.3) is 16.7 Å². The molecule has 0 fully saturated rings. The van der Waals surface area contributed by atoms with Gasteiger partial charge >= 0.3 is 0 Å². The Labute approximate surface area is 229 Å². The van der Waals surface area contributed by atoms with E-state index in [4.69, 9.17) is 5.73 Å². The third kappa shape index (κ3) is 6.10. The summed E-state index contributed by atoms with van der Waals surface area (Å²) in [5.41, 5.74) is 10.9. The Hall–Kier alpha value is -4.23. The number of rotatable bonds is 8. The monoisotopic (exact) mass is 524 g/mol. The van der Waals surface area contributed by atoms with E-state index in [1.807, 2.05) is 80.6 Å². The summed E-state index contributed by atoms with van der Waals surface area (Å²) in [7, 11) is 0. The molecule has 7 heteroatoms. The molecule has 7 nitrogen and oxygen atoms in total. The molecule has 0 bridgehead atoms. The second kappa shape index (κ2) is 12.1. The third-order valence-corrected chi connectivity index (χ3v) is 7.28. The number of nitrogens with two attached hydrogens (primary N) is 1. The molecule has 1 aliphatic heterocycles. The number of hydrogen-bond donors (Lipinski definition) is 4. The van der Waals surface area contributed by atoms with E-state index in [2.05, 4.69) is 29.8 Å². The van der Waals surface area contributed by atoms with Crippen molar-refractivity contribution in [2.75, 3.05) is 10.6 Å². The lowest BCUT2D eigenvalue weighted by atomic mass is 9.82. The number of hydrogen-bond acceptors (Lipinski definition) is 4. The number of benzene rings is 3. The Bertz CT molecular complexity index is 1410. The van der Waals surface area contributed by atoms with Gasteiger partial charge in [0.2, 0.25) is 11.8 Å². The van der Waals surface area contributed by atoms with Crippen LogP contribution < -0.4 is 21.7 Å². The molecule has 3 atom stereocenters. The van der Waals surface area contributed by atoms with Crippen molar-refractivity contribution in [3.63, 3.8) is 0 Å². The maximum absolute atomic E-state index is 13.5. The van der Waals surface area contributed by atoms with Crippen LogP contribution in [0.3, 0.4) is 0 Å². The Morgan fingerprint density at radius 2 is 1.36 bits per heavy atom. The van der Waals surface area contributed by atoms with Gasteiger partial charge in [-0.1, -0.05) is 88.7 Å². The summed E-state index contributed by atoms with van der Waals surface area (Å²) >= 11 is 0. The summed E-state index contributed by atoms with van der Waals surface area (Å²) in [5.74, 6) is -0.570. The predicted octanol–water partition coefficient (Wildman–Crippen LogP) is 5.46. The molecule has 1 heterocycles. The van der Waals surface area contributed by atoms with E-state index in [0.29, 0.717) is 16.9 Å². The highest BCUT2D eigenvalue weighted by Crippen LogP contribution is 2.35. The minimum atomic E-state index is -0.642. The van der Waals surface area contributed by atoms with E-state index in [-0.39, 0.29) is 35.6 Å². The molecule has 4 rings (SSSR count). The number of carbonyl (C=O) groups excluding carboxylic acids is 3. The highest BCUT2D eigenvalue weighted by molar-refractivity contribution is 6.11. The van der Waals surface area contributed by atoms with Gasteiger partial charge in [0, 0.05) is 34.1 Å². The van der Waals surface area contributed by atoms with Gasteiger partial charge in [-0.05, 0) is 41.2 Å². The smallest absolute Gasteiger partial charge is 0.252 e. The van der Waals surface area contributed by atoms with Crippen molar-refractivity contribution in [2.45, 2.75) is 46.2 Å². The first-order chi connectivity index (χ1) is 18.7. The van der Waals surface area contributed by atoms with Gasteiger partial charge in [0.25, 0.3) is 5.91 Å². The molecule has 0 saturated carbocycles. The highest BCUT2D eigenvalue weighted by atomic mass is 16.2. The Kier molecular flexibility index (Phi) is 8.62. The quantitative estimate of drug-likeness (QED) is 0.293. The number of anilines is 2. The average Bonchev–Trinajstić information content (AvgIpc) is 2.94. The first-order valence-corrected chi connectivity index (χ1v) is 13.4. The van der Waals surface area contributed by atoms with Crippen LogP contribution in [-0.4, -0.2) is 29.8 Å². The number of carbonyl (C=O) groups is 3. The highest BCUT2D eigenvalue weighted by Gasteiger charge is 2.32. The molecule has 2 unspecified atom stereocenters. The van der Waals surface area contributed by atoms with Crippen LogP contribution in [0.4, 0.5) is 11.4 Å². The van der Waals surface area contributed by atoms with Crippen molar-refractivity contribution >= 4 is 34.7 Å². The van der Waals surface area contributed by atoms with Crippen molar-refractivity contribution in [1.29, 1.82) is 0 Å². The second-order valence-electron chi connectivity index (χ2n) is 10.3. The fraction of sp³-hybridized carbons (Fsp3) is 0.281. The molecule has 0 spiro atoms. The lowest BCUT2D eigenvalue weighted by molar-refractivity contribution is -0.118. The SMILES string of the molecule is CCC(C)C1NC(=O)c2ccccc2/C1=C\C(=O)Nc1ccccc1-c1ccccc1NC(=O)[C@@H](N)C(C)C. The molecular weight excluding hydrogens is 488 g/mol. The summed E-state index contributed by atoms with van der Waals surface area (Å²) in [6, 6.07) is 21.3. The van der Waals surface area contributed by atoms with Gasteiger partial charge in [-0.25, -0.2) is 0 Å². The summed E-state index contributed by atoms with van der Waals surface area (Å²) in [6.45, 7) is 7.93. The van der Waals surface area contributed by atoms with Crippen LogP contribution in [0.1, 0.15) is 50.0 Å². The van der Waals surface area contributed by atoms with Crippen molar-refractivity contribution < 1.29 is 14.4 Å². The maximum atomic E-state index is 13.5. The standard InChI is InChI=1S/C32H36N4O3/c1-5-20(4)30-25(21-12-6-7-15-24(21)31(38)36-30)18-28(37)34-26-16-10-8-13-22(26)23-14-9-11-17-27(23)35-32(39)29(33)19(2)3/h6-20,29-30H,5,33H2,1-4H3,(H,34,37)(H,35,39)(H,36,38)/b25-18+/t20?,29-,30?/m0/s1. The summed E-state index contributed by atoms with van der Waals surface area (Å²) in [6.07, 6.45) is 2.43. The fourth-order valence-corrected chi connectivity index (χ4v) is 4.73. The summed E-state index contributed by atoms with van der Waals surface area (Å²) in [5, 5.41) is 9.06. The lowest BCUT2D eigenvalue weighted by Crippen LogP contribution is -2.44. The van der Waals surface area contributed by atoms with Gasteiger partial charge in [-0.2, -0.15) is 0 Å². The number of nitrogens with one attached hydrogen (secondary N) is 3. The molecular formula is C32H36N4O3. The summed E-state index contributed by atoms with van der Waals surface area (Å²) in [4.78, 5) is 38.9. The lowest BCUT2D eigenvalue weighted by Gasteiger charge is -2.32. The normalized spacial score (nSPS) is 17.2. The summed E-state index contributed by atoms with van der Waals surface area (Å²) < 4.78 is 0. The minimum Gasteiger partial charge on any atom is -0.345 e. The average molecular weight is 525 g/mol. The zero-order valence-corrected chi connectivity index (χ0v) is 22.8. The van der Waals surface area contributed by atoms with Gasteiger partial charge in [-0.15, -0.1) is 0 Å². The molecule has 3 amide bonds. The molecule has 0 aromatic heterocycles. The zero-order chi connectivity index (χ0) is 28.1. The van der Waals surface area contributed by atoms with Crippen LogP contribution in [0.2, 0.25) is 0 Å². The van der Waals surface area contributed by atoms with E-state index in [9.17, 15) is 14.4 Å². The molecule has 3 aromatic rings. The Balaban J connectivity index is 1.68.